The van der Waals surface area contributed by atoms with Gasteiger partial charge in [-0.1, -0.05) is 18.3 Å². The van der Waals surface area contributed by atoms with Crippen LogP contribution in [0.5, 0.6) is 0 Å². The van der Waals surface area contributed by atoms with E-state index in [4.69, 9.17) is 0 Å². The molecule has 2 aromatic heterocycles. The van der Waals surface area contributed by atoms with Crippen LogP contribution in [0.4, 0.5) is 0 Å². The van der Waals surface area contributed by atoms with Crippen LogP contribution in [0.15, 0.2) is 18.3 Å². The van der Waals surface area contributed by atoms with E-state index in [0.717, 1.165) is 16.9 Å². The zero-order chi connectivity index (χ0) is 10.3. The van der Waals surface area contributed by atoms with Gasteiger partial charge in [0.1, 0.15) is 15.4 Å². The average molecular weight is 219 g/mol. The molecule has 1 aliphatic rings. The molecule has 2 unspecified atom stereocenters. The van der Waals surface area contributed by atoms with Crippen molar-refractivity contribution in [2.24, 2.45) is 5.92 Å². The molecule has 1 aliphatic heterocycles. The molecule has 3 rings (SSSR count). The van der Waals surface area contributed by atoms with E-state index in [-0.39, 0.29) is 0 Å². The summed E-state index contributed by atoms with van der Waals surface area (Å²) in [7, 11) is 0. The summed E-state index contributed by atoms with van der Waals surface area (Å²) >= 11 is 1.71. The first kappa shape index (κ1) is 9.24. The maximum atomic E-state index is 4.64. The average Bonchev–Trinajstić information content (AvgIpc) is 2.82. The number of rotatable bonds is 1. The second-order valence-electron chi connectivity index (χ2n) is 4.08. The van der Waals surface area contributed by atoms with Gasteiger partial charge >= 0.3 is 0 Å². The summed E-state index contributed by atoms with van der Waals surface area (Å²) < 4.78 is 0. The summed E-state index contributed by atoms with van der Waals surface area (Å²) in [6.45, 7) is 3.39. The predicted octanol–water partition coefficient (Wildman–Crippen LogP) is 2.36. The maximum Gasteiger partial charge on any atom is 0.143 e. The number of aromatic nitrogens is 2. The van der Waals surface area contributed by atoms with Crippen LogP contribution in [-0.4, -0.2) is 16.5 Å². The molecule has 1 fully saturated rings. The van der Waals surface area contributed by atoms with Gasteiger partial charge in [0.25, 0.3) is 0 Å². The highest BCUT2D eigenvalue weighted by molar-refractivity contribution is 7.18. The topological polar surface area (TPSA) is 37.8 Å². The molecule has 78 valence electrons. The molecule has 1 N–H and O–H groups in total. The highest BCUT2D eigenvalue weighted by atomic mass is 32.1. The lowest BCUT2D eigenvalue weighted by Crippen LogP contribution is -2.15. The Morgan fingerprint density at radius 1 is 1.53 bits per heavy atom. The highest BCUT2D eigenvalue weighted by Crippen LogP contribution is 2.33. The number of hydrogen-bond acceptors (Lipinski definition) is 4. The molecule has 1 saturated heterocycles. The van der Waals surface area contributed by atoms with Gasteiger partial charge in [-0.15, -0.1) is 0 Å². The fourth-order valence-electron chi connectivity index (χ4n) is 2.08. The van der Waals surface area contributed by atoms with Gasteiger partial charge in [-0.25, -0.2) is 9.97 Å². The Morgan fingerprint density at radius 3 is 3.20 bits per heavy atom. The lowest BCUT2D eigenvalue weighted by atomic mass is 10.0. The number of nitrogens with one attached hydrogen (secondary N) is 1. The van der Waals surface area contributed by atoms with Crippen molar-refractivity contribution in [2.45, 2.75) is 19.4 Å². The standard InChI is InChI=1S/C11H13N3S/c1-7-4-6-12-9(7)11-14-8-3-2-5-13-10(8)15-11/h2-3,5,7,9,12H,4,6H2,1H3. The number of fused-ring (bicyclic) bond motifs is 1. The van der Waals surface area contributed by atoms with Crippen molar-refractivity contribution in [3.63, 3.8) is 0 Å². The fourth-order valence-corrected chi connectivity index (χ4v) is 3.20. The quantitative estimate of drug-likeness (QED) is 0.800. The van der Waals surface area contributed by atoms with Crippen molar-refractivity contribution in [3.05, 3.63) is 23.3 Å². The minimum atomic E-state index is 0.434. The van der Waals surface area contributed by atoms with Crippen molar-refractivity contribution >= 4 is 21.7 Å². The van der Waals surface area contributed by atoms with Crippen molar-refractivity contribution in [3.8, 4) is 0 Å². The zero-order valence-electron chi connectivity index (χ0n) is 8.60. The van der Waals surface area contributed by atoms with Crippen molar-refractivity contribution < 1.29 is 0 Å². The van der Waals surface area contributed by atoms with E-state index < -0.39 is 0 Å². The molecule has 2 atom stereocenters. The summed E-state index contributed by atoms with van der Waals surface area (Å²) in [5, 5.41) is 4.69. The molecular weight excluding hydrogens is 206 g/mol. The largest absolute Gasteiger partial charge is 0.308 e. The van der Waals surface area contributed by atoms with E-state index in [1.54, 1.807) is 11.3 Å². The van der Waals surface area contributed by atoms with Gasteiger partial charge in [-0.05, 0) is 31.0 Å². The molecule has 0 aromatic carbocycles. The van der Waals surface area contributed by atoms with E-state index >= 15 is 0 Å². The summed E-state index contributed by atoms with van der Waals surface area (Å²) in [5.74, 6) is 0.686. The second-order valence-corrected chi connectivity index (χ2v) is 5.09. The van der Waals surface area contributed by atoms with Gasteiger partial charge in [0.15, 0.2) is 0 Å². The number of thiazole rings is 1. The molecule has 0 spiro atoms. The Labute approximate surface area is 92.6 Å². The number of pyridine rings is 1. The van der Waals surface area contributed by atoms with E-state index in [9.17, 15) is 0 Å². The lowest BCUT2D eigenvalue weighted by Gasteiger charge is -2.11. The minimum Gasteiger partial charge on any atom is -0.308 e. The molecule has 3 heterocycles. The van der Waals surface area contributed by atoms with Crippen LogP contribution in [0.25, 0.3) is 10.3 Å². The normalized spacial score (nSPS) is 26.2. The Bertz CT molecular complexity index is 446. The highest BCUT2D eigenvalue weighted by Gasteiger charge is 2.27. The second kappa shape index (κ2) is 3.54. The van der Waals surface area contributed by atoms with Gasteiger partial charge in [0.05, 0.1) is 6.04 Å². The van der Waals surface area contributed by atoms with Gasteiger partial charge in [0, 0.05) is 6.20 Å². The van der Waals surface area contributed by atoms with Crippen LogP contribution >= 0.6 is 11.3 Å². The Balaban J connectivity index is 2.04. The van der Waals surface area contributed by atoms with Crippen LogP contribution < -0.4 is 5.32 Å². The van der Waals surface area contributed by atoms with Crippen molar-refractivity contribution in [1.29, 1.82) is 0 Å². The third-order valence-electron chi connectivity index (χ3n) is 2.98. The van der Waals surface area contributed by atoms with Crippen molar-refractivity contribution in [1.82, 2.24) is 15.3 Å². The van der Waals surface area contributed by atoms with Crippen LogP contribution in [0.2, 0.25) is 0 Å². The zero-order valence-corrected chi connectivity index (χ0v) is 9.42. The first-order valence-corrected chi connectivity index (χ1v) is 6.11. The van der Waals surface area contributed by atoms with Crippen LogP contribution in [-0.2, 0) is 0 Å². The minimum absolute atomic E-state index is 0.434. The third kappa shape index (κ3) is 1.54. The maximum absolute atomic E-state index is 4.64. The molecule has 0 amide bonds. The van der Waals surface area contributed by atoms with Gasteiger partial charge in [-0.2, -0.15) is 0 Å². The molecule has 2 aromatic rings. The van der Waals surface area contributed by atoms with Gasteiger partial charge in [-0.3, -0.25) is 0 Å². The van der Waals surface area contributed by atoms with Crippen LogP contribution in [0.3, 0.4) is 0 Å². The van der Waals surface area contributed by atoms with E-state index in [1.807, 2.05) is 18.3 Å². The summed E-state index contributed by atoms with van der Waals surface area (Å²) in [6, 6.07) is 4.41. The predicted molar refractivity (Wildman–Crippen MR) is 61.9 cm³/mol. The molecule has 15 heavy (non-hydrogen) atoms. The monoisotopic (exact) mass is 219 g/mol. The summed E-state index contributed by atoms with van der Waals surface area (Å²) in [5.41, 5.74) is 1.03. The Kier molecular flexibility index (Phi) is 2.18. The molecule has 0 aliphatic carbocycles. The van der Waals surface area contributed by atoms with Crippen LogP contribution in [0, 0.1) is 5.92 Å². The molecular formula is C11H13N3S. The smallest absolute Gasteiger partial charge is 0.143 e. The number of hydrogen-bond donors (Lipinski definition) is 1. The third-order valence-corrected chi connectivity index (χ3v) is 4.04. The van der Waals surface area contributed by atoms with E-state index in [2.05, 4.69) is 22.2 Å². The van der Waals surface area contributed by atoms with Crippen LogP contribution in [0.1, 0.15) is 24.4 Å². The first-order valence-electron chi connectivity index (χ1n) is 5.29. The summed E-state index contributed by atoms with van der Waals surface area (Å²) in [6.07, 6.45) is 3.07. The SMILES string of the molecule is CC1CCNC1c1nc2cccnc2s1. The van der Waals surface area contributed by atoms with E-state index in [1.165, 1.54) is 11.4 Å². The molecule has 0 radical (unpaired) electrons. The summed E-state index contributed by atoms with van der Waals surface area (Å²) in [4.78, 5) is 10.0. The fraction of sp³-hybridized carbons (Fsp3) is 0.455. The lowest BCUT2D eigenvalue weighted by molar-refractivity contribution is 0.502. The number of nitrogens with zero attached hydrogens (tertiary/aromatic N) is 2. The molecule has 3 nitrogen and oxygen atoms in total. The van der Waals surface area contributed by atoms with Crippen molar-refractivity contribution in [2.75, 3.05) is 6.54 Å². The van der Waals surface area contributed by atoms with Gasteiger partial charge in [0.2, 0.25) is 0 Å². The van der Waals surface area contributed by atoms with Gasteiger partial charge < -0.3 is 5.32 Å². The first-order chi connectivity index (χ1) is 7.34. The molecule has 4 heteroatoms. The molecule has 0 saturated carbocycles. The Hall–Kier alpha value is -1.00. The molecule has 0 bridgehead atoms. The Morgan fingerprint density at radius 2 is 2.47 bits per heavy atom. The van der Waals surface area contributed by atoms with E-state index in [0.29, 0.717) is 12.0 Å².